The number of pyridine rings is 1. The lowest BCUT2D eigenvalue weighted by Crippen LogP contribution is -2.41. The molecule has 114 valence electrons. The van der Waals surface area contributed by atoms with Crippen molar-refractivity contribution in [3.8, 4) is 0 Å². The highest BCUT2D eigenvalue weighted by molar-refractivity contribution is 9.10. The topological polar surface area (TPSA) is 51.2 Å². The number of ether oxygens (including phenoxy) is 1. The minimum absolute atomic E-state index is 0.0805. The van der Waals surface area contributed by atoms with E-state index in [2.05, 4.69) is 25.6 Å². The average molecular weight is 363 g/mol. The molecule has 0 spiro atoms. The summed E-state index contributed by atoms with van der Waals surface area (Å²) in [5, 5.41) is 0. The highest BCUT2D eigenvalue weighted by Crippen LogP contribution is 2.23. The van der Waals surface area contributed by atoms with Crippen LogP contribution in [0.4, 0.5) is 0 Å². The van der Waals surface area contributed by atoms with Gasteiger partial charge in [-0.05, 0) is 55.3 Å². The molecule has 1 heterocycles. The van der Waals surface area contributed by atoms with E-state index in [1.807, 2.05) is 45.9 Å². The Labute approximate surface area is 132 Å². The monoisotopic (exact) mass is 362 g/mol. The van der Waals surface area contributed by atoms with Crippen molar-refractivity contribution in [2.45, 2.75) is 51.0 Å². The third kappa shape index (κ3) is 4.91. The first-order valence-corrected chi connectivity index (χ1v) is 8.57. The molecule has 0 fully saturated rings. The third-order valence-electron chi connectivity index (χ3n) is 2.92. The number of rotatable bonds is 6. The largest absolute Gasteiger partial charge is 0.379 e. The fraction of sp³-hybridized carbons (Fsp3) is 0.643. The normalized spacial score (nSPS) is 16.7. The molecule has 0 amide bonds. The predicted molar refractivity (Wildman–Crippen MR) is 86.8 cm³/mol. The molecule has 1 aromatic rings. The van der Waals surface area contributed by atoms with Crippen LogP contribution in [0.25, 0.3) is 0 Å². The summed E-state index contributed by atoms with van der Waals surface area (Å²) in [5.41, 5.74) is 0.825. The van der Waals surface area contributed by atoms with Gasteiger partial charge in [-0.3, -0.25) is 0 Å². The molecule has 1 aromatic heterocycles. The second-order valence-electron chi connectivity index (χ2n) is 5.54. The van der Waals surface area contributed by atoms with Crippen molar-refractivity contribution >= 4 is 26.9 Å². The first-order valence-electron chi connectivity index (χ1n) is 6.63. The van der Waals surface area contributed by atoms with Crippen LogP contribution in [-0.4, -0.2) is 27.2 Å². The van der Waals surface area contributed by atoms with Gasteiger partial charge in [-0.15, -0.1) is 0 Å². The predicted octanol–water partition coefficient (Wildman–Crippen LogP) is 3.36. The third-order valence-corrected chi connectivity index (χ3v) is 4.94. The molecule has 1 unspecified atom stereocenters. The van der Waals surface area contributed by atoms with Gasteiger partial charge >= 0.3 is 0 Å². The zero-order chi connectivity index (χ0) is 15.3. The number of nitrogens with zero attached hydrogens (tertiary/aromatic N) is 1. The summed E-state index contributed by atoms with van der Waals surface area (Å²) in [6, 6.07) is 5.50. The van der Waals surface area contributed by atoms with Gasteiger partial charge in [-0.2, -0.15) is 0 Å². The summed E-state index contributed by atoms with van der Waals surface area (Å²) in [6.07, 6.45) is 0.729. The number of aromatic nitrogens is 1. The quantitative estimate of drug-likeness (QED) is 0.789. The van der Waals surface area contributed by atoms with Crippen molar-refractivity contribution in [3.63, 3.8) is 0 Å². The van der Waals surface area contributed by atoms with E-state index in [1.54, 1.807) is 7.11 Å². The molecule has 20 heavy (non-hydrogen) atoms. The van der Waals surface area contributed by atoms with Gasteiger partial charge in [0.15, 0.2) is 0 Å². The van der Waals surface area contributed by atoms with Gasteiger partial charge in [0.2, 0.25) is 0 Å². The number of methoxy groups -OCH3 is 1. The van der Waals surface area contributed by atoms with Crippen LogP contribution in [0.3, 0.4) is 0 Å². The van der Waals surface area contributed by atoms with Crippen molar-refractivity contribution in [2.24, 2.45) is 0 Å². The molecule has 0 saturated heterocycles. The van der Waals surface area contributed by atoms with E-state index >= 15 is 0 Å². The maximum Gasteiger partial charge on any atom is 0.106 e. The van der Waals surface area contributed by atoms with E-state index in [4.69, 9.17) is 4.74 Å². The number of hydrogen-bond acceptors (Lipinski definition) is 3. The highest BCUT2D eigenvalue weighted by Gasteiger charge is 2.29. The van der Waals surface area contributed by atoms with Gasteiger partial charge < -0.3 is 4.74 Å². The number of hydrogen-bond donors (Lipinski definition) is 1. The summed E-state index contributed by atoms with van der Waals surface area (Å²) < 4.78 is 21.5. The van der Waals surface area contributed by atoms with Crippen LogP contribution in [0.2, 0.25) is 0 Å². The van der Waals surface area contributed by atoms with E-state index in [9.17, 15) is 4.21 Å². The van der Waals surface area contributed by atoms with Gasteiger partial charge in [0, 0.05) is 7.11 Å². The Hall–Kier alpha value is -0.300. The SMILES string of the molecule is CC[C@@H](OC)[C@H](NS(=O)C(C)(C)C)c1cccc(Br)n1. The van der Waals surface area contributed by atoms with Crippen molar-refractivity contribution in [1.29, 1.82) is 0 Å². The molecule has 0 aliphatic heterocycles. The summed E-state index contributed by atoms with van der Waals surface area (Å²) in [7, 11) is 0.484. The van der Waals surface area contributed by atoms with Crippen molar-refractivity contribution in [1.82, 2.24) is 9.71 Å². The summed E-state index contributed by atoms with van der Waals surface area (Å²) in [5.74, 6) is 0. The Morgan fingerprint density at radius 2 is 2.10 bits per heavy atom. The van der Waals surface area contributed by atoms with Crippen LogP contribution in [-0.2, 0) is 15.7 Å². The number of halogens is 1. The first-order chi connectivity index (χ1) is 9.29. The van der Waals surface area contributed by atoms with Crippen LogP contribution in [0.5, 0.6) is 0 Å². The molecule has 1 N–H and O–H groups in total. The van der Waals surface area contributed by atoms with Crippen LogP contribution < -0.4 is 4.72 Å². The molecule has 4 nitrogen and oxygen atoms in total. The summed E-state index contributed by atoms with van der Waals surface area (Å²) >= 11 is 3.37. The maximum absolute atomic E-state index is 12.4. The fourth-order valence-corrected chi connectivity index (χ4v) is 2.97. The van der Waals surface area contributed by atoms with Crippen LogP contribution in [0.15, 0.2) is 22.8 Å². The van der Waals surface area contributed by atoms with Gasteiger partial charge in [0.1, 0.15) is 4.60 Å². The van der Waals surface area contributed by atoms with Crippen LogP contribution in [0, 0.1) is 0 Å². The molecule has 0 radical (unpaired) electrons. The maximum atomic E-state index is 12.4. The standard InChI is InChI=1S/C14H23BrN2O2S/c1-6-11(19-5)13(17-20(18)14(2,3)4)10-8-7-9-12(15)16-10/h7-9,11,13,17H,6H2,1-5H3/t11-,13-,20?/m1/s1. The molecular formula is C14H23BrN2O2S. The summed E-state index contributed by atoms with van der Waals surface area (Å²) in [6.45, 7) is 7.86. The highest BCUT2D eigenvalue weighted by atomic mass is 79.9. The van der Waals surface area contributed by atoms with E-state index in [1.165, 1.54) is 0 Å². The Kier molecular flexibility index (Phi) is 6.78. The van der Waals surface area contributed by atoms with Crippen LogP contribution in [0.1, 0.15) is 45.9 Å². The number of nitrogens with one attached hydrogen (secondary N) is 1. The Morgan fingerprint density at radius 1 is 1.45 bits per heavy atom. The molecule has 6 heteroatoms. The Balaban J connectivity index is 3.06. The molecule has 3 atom stereocenters. The minimum Gasteiger partial charge on any atom is -0.379 e. The lowest BCUT2D eigenvalue weighted by Gasteiger charge is -2.28. The molecule has 0 saturated carbocycles. The van der Waals surface area contributed by atoms with Gasteiger partial charge in [0.05, 0.1) is 33.6 Å². The average Bonchev–Trinajstić information content (AvgIpc) is 2.37. The second-order valence-corrected chi connectivity index (χ2v) is 8.35. The lowest BCUT2D eigenvalue weighted by atomic mass is 10.1. The minimum atomic E-state index is -1.18. The van der Waals surface area contributed by atoms with Crippen molar-refractivity contribution in [2.75, 3.05) is 7.11 Å². The molecule has 0 aromatic carbocycles. The molecular weight excluding hydrogens is 340 g/mol. The van der Waals surface area contributed by atoms with E-state index in [0.717, 1.165) is 16.7 Å². The Morgan fingerprint density at radius 3 is 2.55 bits per heavy atom. The molecule has 0 aliphatic carbocycles. The van der Waals surface area contributed by atoms with Crippen molar-refractivity contribution < 1.29 is 8.95 Å². The zero-order valence-corrected chi connectivity index (χ0v) is 15.0. The van der Waals surface area contributed by atoms with Crippen LogP contribution >= 0.6 is 15.9 Å². The van der Waals surface area contributed by atoms with E-state index in [0.29, 0.717) is 0 Å². The first kappa shape index (κ1) is 17.8. The van der Waals surface area contributed by atoms with E-state index < -0.39 is 11.0 Å². The second kappa shape index (κ2) is 7.64. The zero-order valence-electron chi connectivity index (χ0n) is 12.6. The lowest BCUT2D eigenvalue weighted by molar-refractivity contribution is 0.0712. The molecule has 0 aliphatic rings. The summed E-state index contributed by atoms with van der Waals surface area (Å²) in [4.78, 5) is 4.47. The van der Waals surface area contributed by atoms with E-state index in [-0.39, 0.29) is 16.9 Å². The molecule has 1 rings (SSSR count). The van der Waals surface area contributed by atoms with Gasteiger partial charge in [-0.1, -0.05) is 13.0 Å². The Bertz CT molecular complexity index is 459. The van der Waals surface area contributed by atoms with Gasteiger partial charge in [0.25, 0.3) is 0 Å². The molecule has 0 bridgehead atoms. The smallest absolute Gasteiger partial charge is 0.106 e. The fourth-order valence-electron chi connectivity index (χ4n) is 1.75. The van der Waals surface area contributed by atoms with Gasteiger partial charge in [-0.25, -0.2) is 13.9 Å². The van der Waals surface area contributed by atoms with Crippen molar-refractivity contribution in [3.05, 3.63) is 28.5 Å².